The lowest BCUT2D eigenvalue weighted by Crippen LogP contribution is -2.23. The lowest BCUT2D eigenvalue weighted by molar-refractivity contribution is 0.570. The van der Waals surface area contributed by atoms with Crippen molar-refractivity contribution >= 4 is 15.9 Å². The van der Waals surface area contributed by atoms with E-state index in [1.807, 2.05) is 12.1 Å². The molecule has 0 aliphatic rings. The van der Waals surface area contributed by atoms with Crippen molar-refractivity contribution < 1.29 is 4.39 Å². The van der Waals surface area contributed by atoms with E-state index in [-0.39, 0.29) is 5.82 Å². The Morgan fingerprint density at radius 1 is 1.40 bits per heavy atom. The zero-order chi connectivity index (χ0) is 11.3. The summed E-state index contributed by atoms with van der Waals surface area (Å²) in [5.41, 5.74) is 1.17. The summed E-state index contributed by atoms with van der Waals surface area (Å²) < 4.78 is 13.5. The van der Waals surface area contributed by atoms with E-state index in [9.17, 15) is 4.39 Å². The van der Waals surface area contributed by atoms with Crippen molar-refractivity contribution in [1.29, 1.82) is 0 Å². The standard InChI is InChI=1S/C12H17BrFN/c1-9(2)15-7-3-4-10-5-6-12(14)11(13)8-10/h5-6,8-9,15H,3-4,7H2,1-2H3. The Morgan fingerprint density at radius 2 is 2.13 bits per heavy atom. The topological polar surface area (TPSA) is 12.0 Å². The van der Waals surface area contributed by atoms with Gasteiger partial charge in [-0.2, -0.15) is 0 Å². The predicted molar refractivity (Wildman–Crippen MR) is 65.6 cm³/mol. The number of halogens is 2. The maximum atomic E-state index is 12.9. The van der Waals surface area contributed by atoms with Crippen LogP contribution in [-0.2, 0) is 6.42 Å². The van der Waals surface area contributed by atoms with E-state index in [1.54, 1.807) is 0 Å². The highest BCUT2D eigenvalue weighted by molar-refractivity contribution is 9.10. The van der Waals surface area contributed by atoms with Crippen LogP contribution in [0.25, 0.3) is 0 Å². The second-order valence-electron chi connectivity index (χ2n) is 3.96. The van der Waals surface area contributed by atoms with E-state index in [0.717, 1.165) is 19.4 Å². The van der Waals surface area contributed by atoms with Crippen molar-refractivity contribution in [2.45, 2.75) is 32.7 Å². The summed E-state index contributed by atoms with van der Waals surface area (Å²) in [6.07, 6.45) is 2.06. The van der Waals surface area contributed by atoms with Gasteiger partial charge in [0, 0.05) is 6.04 Å². The van der Waals surface area contributed by atoms with Gasteiger partial charge in [-0.25, -0.2) is 4.39 Å². The predicted octanol–water partition coefficient (Wildman–Crippen LogP) is 3.52. The van der Waals surface area contributed by atoms with Crippen LogP contribution in [0.15, 0.2) is 22.7 Å². The highest BCUT2D eigenvalue weighted by Gasteiger charge is 2.00. The Labute approximate surface area is 99.2 Å². The highest BCUT2D eigenvalue weighted by atomic mass is 79.9. The molecule has 84 valence electrons. The molecule has 0 aliphatic carbocycles. The fourth-order valence-electron chi connectivity index (χ4n) is 1.38. The maximum absolute atomic E-state index is 12.9. The molecule has 1 N–H and O–H groups in total. The lowest BCUT2D eigenvalue weighted by Gasteiger charge is -2.07. The van der Waals surface area contributed by atoms with Crippen LogP contribution in [0, 0.1) is 5.82 Å². The minimum absolute atomic E-state index is 0.195. The van der Waals surface area contributed by atoms with Crippen LogP contribution in [0.2, 0.25) is 0 Å². The smallest absolute Gasteiger partial charge is 0.137 e. The van der Waals surface area contributed by atoms with Crippen LogP contribution in [0.1, 0.15) is 25.8 Å². The fraction of sp³-hybridized carbons (Fsp3) is 0.500. The van der Waals surface area contributed by atoms with Crippen molar-refractivity contribution in [3.63, 3.8) is 0 Å². The van der Waals surface area contributed by atoms with Gasteiger partial charge in [0.1, 0.15) is 5.82 Å². The van der Waals surface area contributed by atoms with E-state index < -0.39 is 0 Å². The van der Waals surface area contributed by atoms with Crippen molar-refractivity contribution in [3.8, 4) is 0 Å². The van der Waals surface area contributed by atoms with E-state index in [0.29, 0.717) is 10.5 Å². The average molecular weight is 274 g/mol. The third-order valence-corrected chi connectivity index (χ3v) is 2.79. The van der Waals surface area contributed by atoms with Gasteiger partial charge in [-0.15, -0.1) is 0 Å². The van der Waals surface area contributed by atoms with Gasteiger partial charge < -0.3 is 5.32 Å². The summed E-state index contributed by atoms with van der Waals surface area (Å²) in [5, 5.41) is 3.36. The van der Waals surface area contributed by atoms with Gasteiger partial charge in [0.2, 0.25) is 0 Å². The molecular formula is C12H17BrFN. The molecule has 0 aliphatic heterocycles. The van der Waals surface area contributed by atoms with Crippen molar-refractivity contribution in [2.24, 2.45) is 0 Å². The monoisotopic (exact) mass is 273 g/mol. The minimum Gasteiger partial charge on any atom is -0.315 e. The maximum Gasteiger partial charge on any atom is 0.137 e. The van der Waals surface area contributed by atoms with Crippen molar-refractivity contribution in [3.05, 3.63) is 34.1 Å². The first kappa shape index (κ1) is 12.7. The van der Waals surface area contributed by atoms with Crippen LogP contribution in [-0.4, -0.2) is 12.6 Å². The molecule has 1 rings (SSSR count). The first-order valence-corrected chi connectivity index (χ1v) is 6.06. The van der Waals surface area contributed by atoms with Crippen LogP contribution in [0.3, 0.4) is 0 Å². The molecule has 0 saturated heterocycles. The summed E-state index contributed by atoms with van der Waals surface area (Å²) in [6, 6.07) is 5.74. The molecule has 0 atom stereocenters. The first-order chi connectivity index (χ1) is 7.09. The molecule has 0 spiro atoms. The molecule has 15 heavy (non-hydrogen) atoms. The molecule has 0 fully saturated rings. The van der Waals surface area contributed by atoms with Gasteiger partial charge >= 0.3 is 0 Å². The molecule has 3 heteroatoms. The summed E-state index contributed by atoms with van der Waals surface area (Å²) in [4.78, 5) is 0. The third kappa shape index (κ3) is 4.76. The number of nitrogens with one attached hydrogen (secondary N) is 1. The van der Waals surface area contributed by atoms with Crippen LogP contribution in [0.5, 0.6) is 0 Å². The van der Waals surface area contributed by atoms with Gasteiger partial charge in [-0.1, -0.05) is 19.9 Å². The Hall–Kier alpha value is -0.410. The number of aryl methyl sites for hydroxylation is 1. The largest absolute Gasteiger partial charge is 0.315 e. The number of rotatable bonds is 5. The molecule has 0 heterocycles. The molecule has 0 amide bonds. The van der Waals surface area contributed by atoms with Gasteiger partial charge in [0.05, 0.1) is 4.47 Å². The Kier molecular flexibility index (Phi) is 5.26. The van der Waals surface area contributed by atoms with Crippen LogP contribution >= 0.6 is 15.9 Å². The van der Waals surface area contributed by atoms with Gasteiger partial charge in [0.25, 0.3) is 0 Å². The molecular weight excluding hydrogens is 257 g/mol. The number of hydrogen-bond acceptors (Lipinski definition) is 1. The third-order valence-electron chi connectivity index (χ3n) is 2.18. The fourth-order valence-corrected chi connectivity index (χ4v) is 1.80. The Morgan fingerprint density at radius 3 is 2.73 bits per heavy atom. The van der Waals surface area contributed by atoms with Crippen LogP contribution in [0.4, 0.5) is 4.39 Å². The zero-order valence-corrected chi connectivity index (χ0v) is 10.8. The molecule has 0 radical (unpaired) electrons. The van der Waals surface area contributed by atoms with Gasteiger partial charge in [-0.3, -0.25) is 0 Å². The van der Waals surface area contributed by atoms with Gasteiger partial charge in [0.15, 0.2) is 0 Å². The summed E-state index contributed by atoms with van der Waals surface area (Å²) in [7, 11) is 0. The minimum atomic E-state index is -0.195. The van der Waals surface area contributed by atoms with E-state index in [1.165, 1.54) is 11.6 Å². The molecule has 1 nitrogen and oxygen atoms in total. The number of hydrogen-bond donors (Lipinski definition) is 1. The Bertz CT molecular complexity index is 312. The molecule has 0 aromatic heterocycles. The van der Waals surface area contributed by atoms with Crippen molar-refractivity contribution in [2.75, 3.05) is 6.54 Å². The summed E-state index contributed by atoms with van der Waals surface area (Å²) in [6.45, 7) is 5.27. The SMILES string of the molecule is CC(C)NCCCc1ccc(F)c(Br)c1. The molecule has 1 aromatic rings. The van der Waals surface area contributed by atoms with E-state index >= 15 is 0 Å². The summed E-state index contributed by atoms with van der Waals surface area (Å²) >= 11 is 3.19. The quantitative estimate of drug-likeness (QED) is 0.810. The molecule has 0 bridgehead atoms. The Balaban J connectivity index is 2.35. The van der Waals surface area contributed by atoms with E-state index in [4.69, 9.17) is 0 Å². The summed E-state index contributed by atoms with van der Waals surface area (Å²) in [5.74, 6) is -0.195. The average Bonchev–Trinajstić information content (AvgIpc) is 2.18. The second kappa shape index (κ2) is 6.23. The van der Waals surface area contributed by atoms with Crippen molar-refractivity contribution in [1.82, 2.24) is 5.32 Å². The lowest BCUT2D eigenvalue weighted by atomic mass is 10.1. The zero-order valence-electron chi connectivity index (χ0n) is 9.19. The van der Waals surface area contributed by atoms with Crippen LogP contribution < -0.4 is 5.32 Å². The molecule has 0 unspecified atom stereocenters. The second-order valence-corrected chi connectivity index (χ2v) is 4.82. The number of benzene rings is 1. The van der Waals surface area contributed by atoms with E-state index in [2.05, 4.69) is 35.1 Å². The van der Waals surface area contributed by atoms with Gasteiger partial charge in [-0.05, 0) is 53.0 Å². The molecule has 0 saturated carbocycles. The highest BCUT2D eigenvalue weighted by Crippen LogP contribution is 2.17. The first-order valence-electron chi connectivity index (χ1n) is 5.27. The normalized spacial score (nSPS) is 11.0. The molecule has 1 aromatic carbocycles.